The molecule has 2 aromatic rings. The third-order valence-corrected chi connectivity index (χ3v) is 3.84. The van der Waals surface area contributed by atoms with Gasteiger partial charge in [0.05, 0.1) is 10.2 Å². The molecule has 1 N–H and O–H groups in total. The van der Waals surface area contributed by atoms with Crippen molar-refractivity contribution in [3.63, 3.8) is 0 Å². The maximum absolute atomic E-state index is 5.31. The van der Waals surface area contributed by atoms with E-state index in [0.717, 1.165) is 31.3 Å². The molecule has 0 saturated heterocycles. The average Bonchev–Trinajstić information content (AvgIpc) is 2.85. The molecule has 0 saturated carbocycles. The summed E-state index contributed by atoms with van der Waals surface area (Å²) in [5, 5.41) is 5.60. The summed E-state index contributed by atoms with van der Waals surface area (Å²) >= 11 is 1.74. The molecule has 3 heteroatoms. The van der Waals surface area contributed by atoms with Gasteiger partial charge >= 0.3 is 0 Å². The Labute approximate surface area is 112 Å². The summed E-state index contributed by atoms with van der Waals surface area (Å²) in [5.41, 5.74) is 2.35. The second-order valence-corrected chi connectivity index (χ2v) is 5.23. The van der Waals surface area contributed by atoms with Gasteiger partial charge in [-0.15, -0.1) is 23.7 Å². The maximum Gasteiger partial charge on any atom is 0.0809 e. The number of unbranched alkanes of at least 4 members (excludes halogenated alkanes) is 1. The minimum Gasteiger partial charge on any atom is -0.310 e. The first kappa shape index (κ1) is 13.1. The van der Waals surface area contributed by atoms with Crippen molar-refractivity contribution in [3.05, 3.63) is 29.3 Å². The van der Waals surface area contributed by atoms with Gasteiger partial charge in [-0.05, 0) is 42.5 Å². The first-order valence-electron chi connectivity index (χ1n) is 6.35. The van der Waals surface area contributed by atoms with E-state index in [0.29, 0.717) is 6.04 Å². The van der Waals surface area contributed by atoms with Crippen LogP contribution >= 0.6 is 11.3 Å². The lowest BCUT2D eigenvalue weighted by Gasteiger charge is -2.17. The van der Waals surface area contributed by atoms with Crippen LogP contribution in [0.5, 0.6) is 0 Å². The van der Waals surface area contributed by atoms with E-state index < -0.39 is 0 Å². The molecule has 0 spiro atoms. The highest BCUT2D eigenvalue weighted by atomic mass is 32.1. The number of thiophene rings is 1. The molecule has 0 aromatic carbocycles. The van der Waals surface area contributed by atoms with Gasteiger partial charge in [0.1, 0.15) is 0 Å². The van der Waals surface area contributed by atoms with Gasteiger partial charge in [0, 0.05) is 18.7 Å². The van der Waals surface area contributed by atoms with Crippen LogP contribution in [-0.4, -0.2) is 11.5 Å². The number of pyridine rings is 1. The van der Waals surface area contributed by atoms with Crippen LogP contribution in [0.2, 0.25) is 0 Å². The molecule has 0 fully saturated rings. The number of nitrogens with one attached hydrogen (secondary N) is 1. The highest BCUT2D eigenvalue weighted by Crippen LogP contribution is 2.25. The van der Waals surface area contributed by atoms with Gasteiger partial charge in [-0.25, -0.2) is 0 Å². The monoisotopic (exact) mass is 258 g/mol. The van der Waals surface area contributed by atoms with E-state index in [9.17, 15) is 0 Å². The molecule has 18 heavy (non-hydrogen) atoms. The minimum absolute atomic E-state index is 0.363. The standard InChI is InChI=1S/C15H18N2S/c1-3-5-6-7-13(16-4-2)12-10-15-14(17-11-12)8-9-18-15/h1,8-11,13,16H,4-7H2,2H3. The third kappa shape index (κ3) is 3.10. The van der Waals surface area contributed by atoms with Crippen LogP contribution in [0.25, 0.3) is 10.2 Å². The van der Waals surface area contributed by atoms with Crippen LogP contribution in [0.3, 0.4) is 0 Å². The number of terminal acetylenes is 1. The van der Waals surface area contributed by atoms with Crippen LogP contribution in [0.1, 0.15) is 37.8 Å². The fraction of sp³-hybridized carbons (Fsp3) is 0.400. The second kappa shape index (κ2) is 6.53. The molecule has 2 heterocycles. The van der Waals surface area contributed by atoms with E-state index in [1.807, 2.05) is 6.20 Å². The van der Waals surface area contributed by atoms with Gasteiger partial charge in [0.2, 0.25) is 0 Å². The summed E-state index contributed by atoms with van der Waals surface area (Å²) in [6, 6.07) is 4.67. The molecule has 0 aliphatic carbocycles. The Morgan fingerprint density at radius 1 is 1.56 bits per heavy atom. The third-order valence-electron chi connectivity index (χ3n) is 2.99. The lowest BCUT2D eigenvalue weighted by molar-refractivity contribution is 0.501. The van der Waals surface area contributed by atoms with Crippen LogP contribution in [0.4, 0.5) is 0 Å². The van der Waals surface area contributed by atoms with Gasteiger partial charge in [-0.3, -0.25) is 4.98 Å². The Kier molecular flexibility index (Phi) is 4.74. The van der Waals surface area contributed by atoms with Crippen LogP contribution in [0, 0.1) is 12.3 Å². The maximum atomic E-state index is 5.31. The Bertz CT molecular complexity index is 539. The molecular weight excluding hydrogens is 240 g/mol. The number of hydrogen-bond donors (Lipinski definition) is 1. The summed E-state index contributed by atoms with van der Waals surface area (Å²) < 4.78 is 1.26. The number of rotatable bonds is 6. The van der Waals surface area contributed by atoms with E-state index in [2.05, 4.69) is 40.7 Å². The molecular formula is C15H18N2S. The number of fused-ring (bicyclic) bond motifs is 1. The van der Waals surface area contributed by atoms with Crippen molar-refractivity contribution in [3.8, 4) is 12.3 Å². The van der Waals surface area contributed by atoms with E-state index in [4.69, 9.17) is 6.42 Å². The Morgan fingerprint density at radius 3 is 3.22 bits per heavy atom. The second-order valence-electron chi connectivity index (χ2n) is 4.28. The van der Waals surface area contributed by atoms with Gasteiger partial charge in [-0.1, -0.05) is 6.92 Å². The van der Waals surface area contributed by atoms with Crippen molar-refractivity contribution in [1.82, 2.24) is 10.3 Å². The molecule has 94 valence electrons. The Morgan fingerprint density at radius 2 is 2.44 bits per heavy atom. The molecule has 0 bridgehead atoms. The predicted molar refractivity (Wildman–Crippen MR) is 78.7 cm³/mol. The first-order chi connectivity index (χ1) is 8.85. The fourth-order valence-electron chi connectivity index (χ4n) is 2.09. The van der Waals surface area contributed by atoms with E-state index in [1.54, 1.807) is 11.3 Å². The summed E-state index contributed by atoms with van der Waals surface area (Å²) in [6.07, 6.45) is 10.3. The summed E-state index contributed by atoms with van der Waals surface area (Å²) in [7, 11) is 0. The highest BCUT2D eigenvalue weighted by molar-refractivity contribution is 7.17. The minimum atomic E-state index is 0.363. The molecule has 2 nitrogen and oxygen atoms in total. The zero-order chi connectivity index (χ0) is 12.8. The van der Waals surface area contributed by atoms with Gasteiger partial charge in [-0.2, -0.15) is 0 Å². The van der Waals surface area contributed by atoms with Gasteiger partial charge in [0.25, 0.3) is 0 Å². The van der Waals surface area contributed by atoms with Crippen LogP contribution in [0.15, 0.2) is 23.7 Å². The summed E-state index contributed by atoms with van der Waals surface area (Å²) in [6.45, 7) is 3.09. The molecule has 0 radical (unpaired) electrons. The van der Waals surface area contributed by atoms with Crippen molar-refractivity contribution in [2.24, 2.45) is 0 Å². The molecule has 1 atom stereocenters. The van der Waals surface area contributed by atoms with Gasteiger partial charge < -0.3 is 5.32 Å². The molecule has 0 amide bonds. The average molecular weight is 258 g/mol. The predicted octanol–water partition coefficient (Wildman–Crippen LogP) is 3.75. The lowest BCUT2D eigenvalue weighted by Crippen LogP contribution is -2.20. The van der Waals surface area contributed by atoms with Crippen LogP contribution in [-0.2, 0) is 0 Å². The summed E-state index contributed by atoms with van der Waals surface area (Å²) in [5.74, 6) is 2.70. The number of nitrogens with zero attached hydrogens (tertiary/aromatic N) is 1. The van der Waals surface area contributed by atoms with Crippen molar-refractivity contribution >= 4 is 21.6 Å². The van der Waals surface area contributed by atoms with E-state index >= 15 is 0 Å². The number of hydrogen-bond acceptors (Lipinski definition) is 3. The van der Waals surface area contributed by atoms with Crippen molar-refractivity contribution in [2.75, 3.05) is 6.54 Å². The van der Waals surface area contributed by atoms with Crippen molar-refractivity contribution < 1.29 is 0 Å². The first-order valence-corrected chi connectivity index (χ1v) is 7.23. The van der Waals surface area contributed by atoms with E-state index in [-0.39, 0.29) is 0 Å². The lowest BCUT2D eigenvalue weighted by atomic mass is 10.0. The van der Waals surface area contributed by atoms with Crippen LogP contribution < -0.4 is 5.32 Å². The van der Waals surface area contributed by atoms with Gasteiger partial charge in [0.15, 0.2) is 0 Å². The number of aromatic nitrogens is 1. The molecule has 2 aromatic heterocycles. The largest absolute Gasteiger partial charge is 0.310 e. The van der Waals surface area contributed by atoms with E-state index in [1.165, 1.54) is 10.3 Å². The fourth-order valence-corrected chi connectivity index (χ4v) is 2.88. The zero-order valence-electron chi connectivity index (χ0n) is 10.6. The smallest absolute Gasteiger partial charge is 0.0809 e. The molecule has 2 rings (SSSR count). The molecule has 0 aliphatic heterocycles. The Balaban J connectivity index is 2.15. The highest BCUT2D eigenvalue weighted by Gasteiger charge is 2.11. The molecule has 0 aliphatic rings. The normalized spacial score (nSPS) is 12.4. The zero-order valence-corrected chi connectivity index (χ0v) is 11.5. The van der Waals surface area contributed by atoms with Crippen molar-refractivity contribution in [1.29, 1.82) is 0 Å². The topological polar surface area (TPSA) is 24.9 Å². The Hall–Kier alpha value is -1.37. The van der Waals surface area contributed by atoms with Crippen molar-refractivity contribution in [2.45, 2.75) is 32.2 Å². The summed E-state index contributed by atoms with van der Waals surface area (Å²) in [4.78, 5) is 4.50. The quantitative estimate of drug-likeness (QED) is 0.630. The SMILES string of the molecule is C#CCCCC(NCC)c1cnc2ccsc2c1. The molecule has 1 unspecified atom stereocenters.